The highest BCUT2D eigenvalue weighted by molar-refractivity contribution is 7.11. The zero-order valence-corrected chi connectivity index (χ0v) is 13.4. The van der Waals surface area contributed by atoms with Crippen molar-refractivity contribution in [3.05, 3.63) is 34.8 Å². The summed E-state index contributed by atoms with van der Waals surface area (Å²) in [7, 11) is 0. The van der Waals surface area contributed by atoms with E-state index in [4.69, 9.17) is 0 Å². The van der Waals surface area contributed by atoms with E-state index in [2.05, 4.69) is 25.0 Å². The predicted molar refractivity (Wildman–Crippen MR) is 85.7 cm³/mol. The normalized spacial score (nSPS) is 15.3. The third kappa shape index (κ3) is 2.42. The Hall–Kier alpha value is -2.55. The standard InChI is InChI=1S/C14H15N7OS/c1-10-13(23-9-17-10)14(22)20-4-2-19(3-5-20)12-7-15-6-11-16-8-18-21(11)12/h6-9H,2-5H2,1H3. The molecule has 0 spiro atoms. The molecule has 4 heterocycles. The Bertz CT molecular complexity index is 850. The van der Waals surface area contributed by atoms with Crippen LogP contribution in [0, 0.1) is 6.92 Å². The van der Waals surface area contributed by atoms with Crippen molar-refractivity contribution in [2.75, 3.05) is 31.1 Å². The Morgan fingerprint density at radius 2 is 2.00 bits per heavy atom. The summed E-state index contributed by atoms with van der Waals surface area (Å²) < 4.78 is 1.78. The first-order valence-corrected chi connectivity index (χ1v) is 8.20. The van der Waals surface area contributed by atoms with Gasteiger partial charge in [0, 0.05) is 26.2 Å². The number of amides is 1. The molecule has 1 fully saturated rings. The topological polar surface area (TPSA) is 79.5 Å². The van der Waals surface area contributed by atoms with Crippen molar-refractivity contribution in [2.45, 2.75) is 6.92 Å². The van der Waals surface area contributed by atoms with Crippen LogP contribution in [0.2, 0.25) is 0 Å². The third-order valence-electron chi connectivity index (χ3n) is 4.00. The van der Waals surface area contributed by atoms with Gasteiger partial charge in [0.1, 0.15) is 11.2 Å². The molecule has 1 saturated heterocycles. The molecule has 0 aromatic carbocycles. The molecule has 0 radical (unpaired) electrons. The molecule has 118 valence electrons. The number of hydrogen-bond acceptors (Lipinski definition) is 7. The molecule has 3 aromatic rings. The zero-order chi connectivity index (χ0) is 15.8. The van der Waals surface area contributed by atoms with E-state index in [9.17, 15) is 4.79 Å². The number of nitrogens with zero attached hydrogens (tertiary/aromatic N) is 7. The minimum absolute atomic E-state index is 0.0711. The van der Waals surface area contributed by atoms with Crippen LogP contribution in [-0.4, -0.2) is 61.6 Å². The highest BCUT2D eigenvalue weighted by atomic mass is 32.1. The number of thiazole rings is 1. The molecule has 0 bridgehead atoms. The molecule has 23 heavy (non-hydrogen) atoms. The van der Waals surface area contributed by atoms with E-state index in [0.717, 1.165) is 35.1 Å². The Kier molecular flexibility index (Phi) is 3.41. The second-order valence-corrected chi connectivity index (χ2v) is 6.20. The van der Waals surface area contributed by atoms with E-state index in [1.807, 2.05) is 11.8 Å². The van der Waals surface area contributed by atoms with Gasteiger partial charge in [0.15, 0.2) is 11.5 Å². The quantitative estimate of drug-likeness (QED) is 0.693. The van der Waals surface area contributed by atoms with Crippen LogP contribution in [0.5, 0.6) is 0 Å². The summed E-state index contributed by atoms with van der Waals surface area (Å²) in [6, 6.07) is 0. The lowest BCUT2D eigenvalue weighted by Crippen LogP contribution is -2.49. The summed E-state index contributed by atoms with van der Waals surface area (Å²) in [5.41, 5.74) is 3.25. The van der Waals surface area contributed by atoms with Gasteiger partial charge >= 0.3 is 0 Å². The molecule has 8 nitrogen and oxygen atoms in total. The van der Waals surface area contributed by atoms with Gasteiger partial charge in [0.25, 0.3) is 5.91 Å². The van der Waals surface area contributed by atoms with Crippen molar-refractivity contribution in [2.24, 2.45) is 0 Å². The van der Waals surface area contributed by atoms with Gasteiger partial charge in [-0.3, -0.25) is 9.78 Å². The predicted octanol–water partition coefficient (Wildman–Crippen LogP) is 0.852. The smallest absolute Gasteiger partial charge is 0.265 e. The maximum absolute atomic E-state index is 12.5. The van der Waals surface area contributed by atoms with Crippen molar-refractivity contribution in [1.29, 1.82) is 0 Å². The van der Waals surface area contributed by atoms with Crippen LogP contribution in [-0.2, 0) is 0 Å². The van der Waals surface area contributed by atoms with Crippen molar-refractivity contribution in [3.63, 3.8) is 0 Å². The lowest BCUT2D eigenvalue weighted by molar-refractivity contribution is 0.0750. The fraction of sp³-hybridized carbons (Fsp3) is 0.357. The van der Waals surface area contributed by atoms with Crippen molar-refractivity contribution >= 4 is 28.7 Å². The summed E-state index contributed by atoms with van der Waals surface area (Å²) in [5.74, 6) is 0.975. The van der Waals surface area contributed by atoms with Gasteiger partial charge in [-0.15, -0.1) is 11.3 Å². The van der Waals surface area contributed by atoms with Gasteiger partial charge in [-0.2, -0.15) is 9.61 Å². The minimum Gasteiger partial charge on any atom is -0.352 e. The number of fused-ring (bicyclic) bond motifs is 1. The summed E-state index contributed by atoms with van der Waals surface area (Å²) >= 11 is 1.40. The van der Waals surface area contributed by atoms with Crippen LogP contribution in [0.4, 0.5) is 5.82 Å². The Morgan fingerprint density at radius 3 is 2.74 bits per heavy atom. The SMILES string of the molecule is Cc1ncsc1C(=O)N1CCN(c2cncc3ncnn23)CC1. The van der Waals surface area contributed by atoms with Crippen LogP contribution in [0.1, 0.15) is 15.4 Å². The summed E-state index contributed by atoms with van der Waals surface area (Å²) in [5, 5.41) is 4.24. The largest absolute Gasteiger partial charge is 0.352 e. The molecule has 1 amide bonds. The molecular weight excluding hydrogens is 314 g/mol. The average molecular weight is 329 g/mol. The molecule has 1 aliphatic rings. The maximum atomic E-state index is 12.5. The molecule has 3 aromatic heterocycles. The fourth-order valence-electron chi connectivity index (χ4n) is 2.75. The van der Waals surface area contributed by atoms with E-state index in [-0.39, 0.29) is 5.91 Å². The lowest BCUT2D eigenvalue weighted by atomic mass is 10.2. The van der Waals surface area contributed by atoms with E-state index in [0.29, 0.717) is 13.1 Å². The van der Waals surface area contributed by atoms with Gasteiger partial charge < -0.3 is 9.80 Å². The van der Waals surface area contributed by atoms with Crippen molar-refractivity contribution in [3.8, 4) is 0 Å². The summed E-state index contributed by atoms with van der Waals surface area (Å²) in [4.78, 5) is 29.9. The van der Waals surface area contributed by atoms with Gasteiger partial charge in [-0.1, -0.05) is 0 Å². The number of piperazine rings is 1. The lowest BCUT2D eigenvalue weighted by Gasteiger charge is -2.35. The molecule has 4 rings (SSSR count). The van der Waals surface area contributed by atoms with E-state index >= 15 is 0 Å². The highest BCUT2D eigenvalue weighted by Gasteiger charge is 2.25. The van der Waals surface area contributed by atoms with Crippen LogP contribution in [0.25, 0.3) is 5.65 Å². The molecule has 0 unspecified atom stereocenters. The molecule has 0 saturated carbocycles. The van der Waals surface area contributed by atoms with Gasteiger partial charge in [0.2, 0.25) is 0 Å². The van der Waals surface area contributed by atoms with E-state index in [1.54, 1.807) is 22.4 Å². The first kappa shape index (κ1) is 14.1. The van der Waals surface area contributed by atoms with Crippen molar-refractivity contribution in [1.82, 2.24) is 29.5 Å². The van der Waals surface area contributed by atoms with Crippen molar-refractivity contribution < 1.29 is 4.79 Å². The van der Waals surface area contributed by atoms with Gasteiger partial charge in [0.05, 0.1) is 23.6 Å². The summed E-state index contributed by atoms with van der Waals surface area (Å²) in [6.07, 6.45) is 4.99. The van der Waals surface area contributed by atoms with Crippen LogP contribution >= 0.6 is 11.3 Å². The zero-order valence-electron chi connectivity index (χ0n) is 12.6. The van der Waals surface area contributed by atoms with Crippen LogP contribution < -0.4 is 4.90 Å². The van der Waals surface area contributed by atoms with Gasteiger partial charge in [-0.05, 0) is 6.92 Å². The van der Waals surface area contributed by atoms with E-state index in [1.165, 1.54) is 17.7 Å². The number of carbonyl (C=O) groups is 1. The second-order valence-electron chi connectivity index (χ2n) is 5.34. The first-order chi connectivity index (χ1) is 11.2. The first-order valence-electron chi connectivity index (χ1n) is 7.32. The average Bonchev–Trinajstić information content (AvgIpc) is 3.22. The molecular formula is C14H15N7OS. The number of rotatable bonds is 2. The second kappa shape index (κ2) is 5.58. The fourth-order valence-corrected chi connectivity index (χ4v) is 3.51. The number of anilines is 1. The Balaban J connectivity index is 1.50. The highest BCUT2D eigenvalue weighted by Crippen LogP contribution is 2.19. The third-order valence-corrected chi connectivity index (χ3v) is 4.92. The number of carbonyl (C=O) groups excluding carboxylic acids is 1. The number of aromatic nitrogens is 5. The molecule has 0 N–H and O–H groups in total. The number of hydrogen-bond donors (Lipinski definition) is 0. The van der Waals surface area contributed by atoms with E-state index < -0.39 is 0 Å². The van der Waals surface area contributed by atoms with Gasteiger partial charge in [-0.25, -0.2) is 9.97 Å². The summed E-state index contributed by atoms with van der Waals surface area (Å²) in [6.45, 7) is 4.69. The van der Waals surface area contributed by atoms with Crippen LogP contribution in [0.15, 0.2) is 24.2 Å². The molecule has 0 atom stereocenters. The maximum Gasteiger partial charge on any atom is 0.265 e. The van der Waals surface area contributed by atoms with Crippen LogP contribution in [0.3, 0.4) is 0 Å². The molecule has 9 heteroatoms. The number of aryl methyl sites for hydroxylation is 1. The molecule has 0 aliphatic carbocycles. The monoisotopic (exact) mass is 329 g/mol. The Labute approximate surface area is 136 Å². The molecule has 1 aliphatic heterocycles. The minimum atomic E-state index is 0.0711. The Morgan fingerprint density at radius 1 is 1.17 bits per heavy atom.